The van der Waals surface area contributed by atoms with Crippen LogP contribution in [0.5, 0.6) is 0 Å². The molecule has 2 aromatic carbocycles. The van der Waals surface area contributed by atoms with Crippen molar-refractivity contribution in [3.63, 3.8) is 0 Å². The number of hydrogen-bond acceptors (Lipinski definition) is 8. The highest BCUT2D eigenvalue weighted by molar-refractivity contribution is 7.99. The van der Waals surface area contributed by atoms with E-state index in [1.165, 1.54) is 18.7 Å². The summed E-state index contributed by atoms with van der Waals surface area (Å²) in [5.74, 6) is -1.36. The number of hydrogen-bond donors (Lipinski definition) is 1. The second-order valence-electron chi connectivity index (χ2n) is 5.81. The third-order valence-corrected chi connectivity index (χ3v) is 4.66. The summed E-state index contributed by atoms with van der Waals surface area (Å²) in [6, 6.07) is 13.9. The maximum atomic E-state index is 12.4. The van der Waals surface area contributed by atoms with Gasteiger partial charge in [-0.2, -0.15) is 0 Å². The molecule has 0 aliphatic carbocycles. The van der Waals surface area contributed by atoms with E-state index in [0.29, 0.717) is 17.5 Å². The van der Waals surface area contributed by atoms with E-state index in [1.54, 1.807) is 55.5 Å². The zero-order valence-corrected chi connectivity index (χ0v) is 16.9. The first-order chi connectivity index (χ1) is 13.9. The lowest BCUT2D eigenvalue weighted by Gasteiger charge is -2.06. The summed E-state index contributed by atoms with van der Waals surface area (Å²) >= 11 is 1.47. The number of nitrogens with zero attached hydrogens (tertiary/aromatic N) is 1. The zero-order valence-electron chi connectivity index (χ0n) is 16.1. The molecule has 0 amide bonds. The Balaban J connectivity index is 2.03. The first-order valence-electron chi connectivity index (χ1n) is 8.89. The predicted octanol–water partition coefficient (Wildman–Crippen LogP) is 3.50. The Morgan fingerprint density at radius 1 is 0.966 bits per heavy atom. The van der Waals surface area contributed by atoms with Crippen LogP contribution >= 0.6 is 11.8 Å². The van der Waals surface area contributed by atoms with Gasteiger partial charge in [0.2, 0.25) is 5.78 Å². The van der Waals surface area contributed by atoms with Gasteiger partial charge in [0.1, 0.15) is 12.3 Å². The van der Waals surface area contributed by atoms with Gasteiger partial charge >= 0.3 is 11.9 Å². The number of ether oxygens (including phenoxy) is 1. The molecule has 0 radical (unpaired) electrons. The average Bonchev–Trinajstić information content (AvgIpc) is 2.73. The van der Waals surface area contributed by atoms with Crippen LogP contribution in [0.3, 0.4) is 0 Å². The van der Waals surface area contributed by atoms with Crippen molar-refractivity contribution in [2.75, 3.05) is 13.2 Å². The Morgan fingerprint density at radius 2 is 1.52 bits per heavy atom. The molecular weight excluding hydrogens is 394 g/mol. The van der Waals surface area contributed by atoms with Crippen LogP contribution in [0.15, 0.2) is 63.5 Å². The molecule has 0 atom stereocenters. The molecule has 0 aromatic heterocycles. The number of aliphatic hydroxyl groups excluding tert-OH is 1. The molecule has 2 rings (SSSR count). The molecular formula is C21H21NO6S. The number of carbonyl (C=O) groups excluding carboxylic acids is 3. The molecule has 0 aliphatic rings. The molecule has 0 heterocycles. The molecule has 7 nitrogen and oxygen atoms in total. The summed E-state index contributed by atoms with van der Waals surface area (Å²) in [5.41, 5.74) is 1.02. The quantitative estimate of drug-likeness (QED) is 0.220. The average molecular weight is 415 g/mol. The van der Waals surface area contributed by atoms with E-state index >= 15 is 0 Å². The molecule has 152 valence electrons. The van der Waals surface area contributed by atoms with E-state index in [9.17, 15) is 14.4 Å². The third-order valence-electron chi connectivity index (χ3n) is 3.65. The summed E-state index contributed by atoms with van der Waals surface area (Å²) in [4.78, 5) is 41.4. The number of Topliss-reactive ketones (excluding diaryl/α,β-unsaturated/α-hetero) is 1. The SMILES string of the molecule is CC/C(=N\OC(C)=O)C(=O)c1ccc(Sc2ccc(C(=O)OCCO)cc2)cc1. The van der Waals surface area contributed by atoms with Crippen LogP contribution in [-0.4, -0.2) is 41.8 Å². The van der Waals surface area contributed by atoms with E-state index in [4.69, 9.17) is 9.84 Å². The normalized spacial score (nSPS) is 11.1. The zero-order chi connectivity index (χ0) is 21.2. The smallest absolute Gasteiger partial charge is 0.338 e. The van der Waals surface area contributed by atoms with Gasteiger partial charge in [-0.1, -0.05) is 23.8 Å². The highest BCUT2D eigenvalue weighted by atomic mass is 32.2. The lowest BCUT2D eigenvalue weighted by atomic mass is 10.1. The van der Waals surface area contributed by atoms with Gasteiger partial charge in [0.25, 0.3) is 0 Å². The van der Waals surface area contributed by atoms with Gasteiger partial charge in [-0.25, -0.2) is 9.59 Å². The van der Waals surface area contributed by atoms with Crippen LogP contribution in [0.25, 0.3) is 0 Å². The summed E-state index contributed by atoms with van der Waals surface area (Å²) in [6.45, 7) is 2.73. The maximum absolute atomic E-state index is 12.4. The van der Waals surface area contributed by atoms with Crippen molar-refractivity contribution >= 4 is 35.2 Å². The molecule has 0 saturated heterocycles. The Hall–Kier alpha value is -2.97. The van der Waals surface area contributed by atoms with Crippen molar-refractivity contribution in [2.24, 2.45) is 5.16 Å². The van der Waals surface area contributed by atoms with Gasteiger partial charge in [0.05, 0.1) is 12.2 Å². The van der Waals surface area contributed by atoms with Crippen molar-refractivity contribution in [3.05, 3.63) is 59.7 Å². The molecule has 8 heteroatoms. The standard InChI is InChI=1S/C21H21NO6S/c1-3-19(22-28-14(2)24)20(25)15-4-8-17(9-5-15)29-18-10-6-16(7-11-18)21(26)27-13-12-23/h4-11,23H,3,12-13H2,1-2H3/b22-19+. The van der Waals surface area contributed by atoms with Gasteiger partial charge in [-0.3, -0.25) is 4.79 Å². The first-order valence-corrected chi connectivity index (χ1v) is 9.71. The summed E-state index contributed by atoms with van der Waals surface area (Å²) in [6.07, 6.45) is 0.343. The van der Waals surface area contributed by atoms with Gasteiger partial charge in [-0.05, 0) is 55.0 Å². The Bertz CT molecular complexity index is 890. The number of ketones is 1. The Labute approximate surface area is 172 Å². The van der Waals surface area contributed by atoms with Gasteiger partial charge in [-0.15, -0.1) is 0 Å². The fourth-order valence-electron chi connectivity index (χ4n) is 2.24. The number of aliphatic hydroxyl groups is 1. The number of benzene rings is 2. The van der Waals surface area contributed by atoms with Crippen LogP contribution in [0.1, 0.15) is 41.0 Å². The van der Waals surface area contributed by atoms with Crippen molar-refractivity contribution in [3.8, 4) is 0 Å². The van der Waals surface area contributed by atoms with Gasteiger partial charge in [0, 0.05) is 22.3 Å². The Morgan fingerprint density at radius 3 is 2.00 bits per heavy atom. The van der Waals surface area contributed by atoms with Crippen LogP contribution in [0.2, 0.25) is 0 Å². The highest BCUT2D eigenvalue weighted by Crippen LogP contribution is 2.28. The van der Waals surface area contributed by atoms with E-state index < -0.39 is 11.9 Å². The van der Waals surface area contributed by atoms with Gasteiger partial charge < -0.3 is 14.7 Å². The fraction of sp³-hybridized carbons (Fsp3) is 0.238. The van der Waals surface area contributed by atoms with Crippen LogP contribution in [0, 0.1) is 0 Å². The van der Waals surface area contributed by atoms with Crippen molar-refractivity contribution in [1.29, 1.82) is 0 Å². The monoisotopic (exact) mass is 415 g/mol. The molecule has 1 N–H and O–H groups in total. The fourth-order valence-corrected chi connectivity index (χ4v) is 3.06. The van der Waals surface area contributed by atoms with Crippen LogP contribution in [-0.2, 0) is 14.4 Å². The molecule has 0 saturated carbocycles. The van der Waals surface area contributed by atoms with Crippen molar-refractivity contribution < 1.29 is 29.1 Å². The lowest BCUT2D eigenvalue weighted by Crippen LogP contribution is -2.14. The molecule has 0 fully saturated rings. The summed E-state index contributed by atoms with van der Waals surface area (Å²) in [7, 11) is 0. The van der Waals surface area contributed by atoms with Crippen molar-refractivity contribution in [1.82, 2.24) is 0 Å². The van der Waals surface area contributed by atoms with E-state index in [2.05, 4.69) is 9.99 Å². The molecule has 0 spiro atoms. The maximum Gasteiger partial charge on any atom is 0.338 e. The lowest BCUT2D eigenvalue weighted by molar-refractivity contribution is -0.140. The minimum atomic E-state index is -0.580. The predicted molar refractivity (Wildman–Crippen MR) is 108 cm³/mol. The topological polar surface area (TPSA) is 102 Å². The van der Waals surface area contributed by atoms with E-state index in [0.717, 1.165) is 9.79 Å². The number of carbonyl (C=O) groups is 3. The minimum Gasteiger partial charge on any atom is -0.460 e. The number of esters is 1. The number of oxime groups is 1. The summed E-state index contributed by atoms with van der Waals surface area (Å²) < 4.78 is 4.86. The first kappa shape index (κ1) is 22.3. The highest BCUT2D eigenvalue weighted by Gasteiger charge is 2.14. The molecule has 0 bridgehead atoms. The molecule has 0 aliphatic heterocycles. The second-order valence-corrected chi connectivity index (χ2v) is 6.96. The third kappa shape index (κ3) is 6.85. The largest absolute Gasteiger partial charge is 0.460 e. The Kier molecular flexibility index (Phi) is 8.57. The van der Waals surface area contributed by atoms with E-state index in [-0.39, 0.29) is 24.7 Å². The second kappa shape index (κ2) is 11.1. The summed E-state index contributed by atoms with van der Waals surface area (Å²) in [5, 5.41) is 12.3. The molecule has 0 unspecified atom stereocenters. The number of rotatable bonds is 9. The van der Waals surface area contributed by atoms with Gasteiger partial charge in [0.15, 0.2) is 0 Å². The molecule has 2 aromatic rings. The van der Waals surface area contributed by atoms with Crippen molar-refractivity contribution in [2.45, 2.75) is 30.1 Å². The van der Waals surface area contributed by atoms with Crippen LogP contribution < -0.4 is 0 Å². The minimum absolute atomic E-state index is 0.0360. The van der Waals surface area contributed by atoms with Crippen LogP contribution in [0.4, 0.5) is 0 Å². The molecule has 29 heavy (non-hydrogen) atoms. The van der Waals surface area contributed by atoms with E-state index in [1.807, 2.05) is 0 Å².